The van der Waals surface area contributed by atoms with Crippen molar-refractivity contribution in [1.82, 2.24) is 0 Å². The number of hydrogen-bond acceptors (Lipinski definition) is 14. The Morgan fingerprint density at radius 2 is 1.48 bits per heavy atom. The summed E-state index contributed by atoms with van der Waals surface area (Å²) >= 11 is 0. The van der Waals surface area contributed by atoms with Gasteiger partial charge in [-0.3, -0.25) is 4.79 Å². The van der Waals surface area contributed by atoms with Crippen LogP contribution in [0.25, 0.3) is 10.8 Å². The summed E-state index contributed by atoms with van der Waals surface area (Å²) in [5.41, 5.74) is 7.22. The molecule has 0 amide bonds. The van der Waals surface area contributed by atoms with Gasteiger partial charge in [0, 0.05) is 11.5 Å². The molecule has 14 nitrogen and oxygen atoms in total. The van der Waals surface area contributed by atoms with Gasteiger partial charge in [0.25, 0.3) is 6.47 Å². The van der Waals surface area contributed by atoms with Gasteiger partial charge in [-0.05, 0) is 61.0 Å². The third kappa shape index (κ3) is 8.19. The molecule has 3 N–H and O–H groups in total. The number of fused-ring (bicyclic) bond motifs is 1. The van der Waals surface area contributed by atoms with Gasteiger partial charge in [0.05, 0.1) is 37.9 Å². The second-order valence-electron chi connectivity index (χ2n) is 8.16. The van der Waals surface area contributed by atoms with Crippen LogP contribution in [0.1, 0.15) is 5.56 Å². The van der Waals surface area contributed by atoms with Gasteiger partial charge < -0.3 is 24.7 Å². The van der Waals surface area contributed by atoms with Crippen molar-refractivity contribution in [3.05, 3.63) is 66.2 Å². The molecule has 0 heterocycles. The maximum atomic E-state index is 11.9. The molecule has 0 aliphatic rings. The normalized spacial score (nSPS) is 11.8. The molecule has 0 aromatic heterocycles. The Balaban J connectivity index is 0.00000308. The maximum Gasteiger partial charge on any atom is 1.00 e. The molecule has 18 heteroatoms. The van der Waals surface area contributed by atoms with E-state index in [0.717, 1.165) is 6.07 Å². The van der Waals surface area contributed by atoms with Crippen molar-refractivity contribution in [3.8, 4) is 11.5 Å². The number of nitrogens with zero attached hydrogens (tertiary/aromatic N) is 4. The number of ether oxygens (including phenoxy) is 1. The third-order valence-electron chi connectivity index (χ3n) is 5.46. The van der Waals surface area contributed by atoms with Crippen LogP contribution in [0.4, 0.5) is 28.4 Å². The van der Waals surface area contributed by atoms with Crippen LogP contribution in [0.15, 0.2) is 90.9 Å². The predicted molar refractivity (Wildman–Crippen MR) is 139 cm³/mol. The van der Waals surface area contributed by atoms with Crippen LogP contribution < -0.4 is 69.6 Å². The number of nitrogens with two attached hydrogens (primary N) is 1. The van der Waals surface area contributed by atoms with Gasteiger partial charge in [0.15, 0.2) is 0 Å². The molecule has 0 atom stereocenters. The summed E-state index contributed by atoms with van der Waals surface area (Å²) in [6.45, 7) is 2.01. The summed E-state index contributed by atoms with van der Waals surface area (Å²) in [5.74, 6) is -0.552. The van der Waals surface area contributed by atoms with E-state index in [-0.39, 0.29) is 76.2 Å². The molecule has 0 aliphatic heterocycles. The van der Waals surface area contributed by atoms with E-state index >= 15 is 0 Å². The molecule has 4 aromatic rings. The molecule has 0 unspecified atom stereocenters. The summed E-state index contributed by atoms with van der Waals surface area (Å²) in [7, 11) is -10.3. The molecular formula is C24H17N5Na2O9S2. The average molecular weight is 630 g/mol. The van der Waals surface area contributed by atoms with E-state index < -0.39 is 46.5 Å². The number of carbonyl (C=O) groups excluding carboxylic acids is 1. The van der Waals surface area contributed by atoms with Crippen LogP contribution in [-0.2, 0) is 25.0 Å². The minimum Gasteiger partial charge on any atom is -0.744 e. The van der Waals surface area contributed by atoms with E-state index in [1.165, 1.54) is 12.1 Å². The summed E-state index contributed by atoms with van der Waals surface area (Å²) in [6.07, 6.45) is 0. The molecule has 4 rings (SSSR count). The first-order chi connectivity index (χ1) is 18.8. The number of phenolic OH excluding ortho intramolecular Hbond substituents is 1. The number of anilines is 1. The fourth-order valence-corrected chi connectivity index (χ4v) is 4.84. The van der Waals surface area contributed by atoms with E-state index in [1.807, 2.05) is 0 Å². The monoisotopic (exact) mass is 629 g/mol. The van der Waals surface area contributed by atoms with E-state index in [2.05, 4.69) is 20.5 Å². The van der Waals surface area contributed by atoms with Crippen LogP contribution in [0.5, 0.6) is 11.5 Å². The van der Waals surface area contributed by atoms with Gasteiger partial charge in [-0.25, -0.2) is 16.8 Å². The van der Waals surface area contributed by atoms with Gasteiger partial charge in [0.1, 0.15) is 37.4 Å². The van der Waals surface area contributed by atoms with Crippen molar-refractivity contribution < 1.29 is 99.7 Å². The van der Waals surface area contributed by atoms with E-state index in [1.54, 1.807) is 37.3 Å². The number of azo groups is 2. The molecule has 0 aliphatic carbocycles. The van der Waals surface area contributed by atoms with Crippen LogP contribution in [0, 0.1) is 6.92 Å². The van der Waals surface area contributed by atoms with Gasteiger partial charge >= 0.3 is 59.1 Å². The van der Waals surface area contributed by atoms with Crippen molar-refractivity contribution in [1.29, 1.82) is 0 Å². The number of hydrogen-bond donors (Lipinski definition) is 2. The number of phenols is 1. The van der Waals surface area contributed by atoms with Gasteiger partial charge in [-0.15, -0.1) is 5.11 Å². The number of rotatable bonds is 8. The predicted octanol–water partition coefficient (Wildman–Crippen LogP) is -1.38. The van der Waals surface area contributed by atoms with Crippen molar-refractivity contribution in [2.24, 2.45) is 20.5 Å². The third-order valence-corrected chi connectivity index (χ3v) is 7.15. The molecule has 0 radical (unpaired) electrons. The number of aromatic hydroxyl groups is 1. The molecule has 0 spiro atoms. The Morgan fingerprint density at radius 3 is 2.07 bits per heavy atom. The Labute approximate surface area is 283 Å². The minimum absolute atomic E-state index is 0. The Morgan fingerprint density at radius 1 is 0.833 bits per heavy atom. The minimum atomic E-state index is -5.24. The SMILES string of the molecule is Cc1cc(N=Nc2cc(S(=O)(=O)[O-])c3cc(S(=O)(=O)[O-])cc(O)c3c2N)ccc1N=Nc1cccc(OC=O)c1.[Na+].[Na+]. The average Bonchev–Trinajstić information content (AvgIpc) is 2.86. The number of aryl methyl sites for hydroxylation is 1. The molecule has 0 saturated carbocycles. The Bertz CT molecular complexity index is 1950. The van der Waals surface area contributed by atoms with Crippen molar-refractivity contribution in [3.63, 3.8) is 0 Å². The summed E-state index contributed by atoms with van der Waals surface area (Å²) in [4.78, 5) is 8.59. The van der Waals surface area contributed by atoms with Crippen LogP contribution in [0.2, 0.25) is 0 Å². The molecule has 0 bridgehead atoms. The number of carbonyl (C=O) groups is 1. The molecule has 0 saturated heterocycles. The topological polar surface area (TPSA) is 236 Å². The number of nitrogen functional groups attached to an aromatic ring is 1. The summed E-state index contributed by atoms with van der Waals surface area (Å²) < 4.78 is 74.8. The zero-order valence-corrected chi connectivity index (χ0v) is 27.9. The Hall–Kier alpha value is -2.77. The molecule has 206 valence electrons. The quantitative estimate of drug-likeness (QED) is 0.0761. The van der Waals surface area contributed by atoms with Crippen molar-refractivity contribution in [2.45, 2.75) is 16.7 Å². The van der Waals surface area contributed by atoms with E-state index in [4.69, 9.17) is 10.5 Å². The molecule has 42 heavy (non-hydrogen) atoms. The maximum absolute atomic E-state index is 11.9. The first-order valence-electron chi connectivity index (χ1n) is 10.9. The molecular weight excluding hydrogens is 612 g/mol. The fourth-order valence-electron chi connectivity index (χ4n) is 3.63. The second-order valence-corrected chi connectivity index (χ2v) is 10.9. The summed E-state index contributed by atoms with van der Waals surface area (Å²) in [6, 6.07) is 13.0. The molecule has 0 fully saturated rings. The fraction of sp³-hybridized carbons (Fsp3) is 0.0417. The zero-order valence-electron chi connectivity index (χ0n) is 22.2. The Kier molecular flexibility index (Phi) is 11.9. The van der Waals surface area contributed by atoms with Crippen LogP contribution >= 0.6 is 0 Å². The zero-order chi connectivity index (χ0) is 29.2. The van der Waals surface area contributed by atoms with Gasteiger partial charge in [-0.2, -0.15) is 15.3 Å². The number of benzene rings is 4. The second kappa shape index (κ2) is 14.1. The standard InChI is InChI=1S/C24H19N5O9S2.2Na/c1-13-7-15(5-6-19(13)28-26-14-3-2-4-16(8-14)38-12-30)27-29-20-11-22(40(35,36)37)18-9-17(39(32,33)34)10-21(31)23(18)24(20)25;;/h2-12,31H,25H2,1H3,(H,32,33,34)(H,35,36,37);;/q;2*+1/p-2. The van der Waals surface area contributed by atoms with Crippen molar-refractivity contribution >= 4 is 65.9 Å². The molecule has 4 aromatic carbocycles. The van der Waals surface area contributed by atoms with E-state index in [9.17, 15) is 35.8 Å². The largest absolute Gasteiger partial charge is 1.00 e. The smallest absolute Gasteiger partial charge is 0.744 e. The summed E-state index contributed by atoms with van der Waals surface area (Å²) in [5, 5.41) is 25.6. The van der Waals surface area contributed by atoms with Crippen molar-refractivity contribution in [2.75, 3.05) is 5.73 Å². The van der Waals surface area contributed by atoms with Gasteiger partial charge in [0.2, 0.25) is 0 Å². The van der Waals surface area contributed by atoms with E-state index in [0.29, 0.717) is 41.3 Å². The van der Waals surface area contributed by atoms with Crippen LogP contribution in [0.3, 0.4) is 0 Å². The van der Waals surface area contributed by atoms with Crippen LogP contribution in [-0.4, -0.2) is 37.5 Å². The van der Waals surface area contributed by atoms with Gasteiger partial charge in [-0.1, -0.05) is 6.07 Å². The first kappa shape index (κ1) is 35.4. The first-order valence-corrected chi connectivity index (χ1v) is 13.7.